The Bertz CT molecular complexity index is 562. The lowest BCUT2D eigenvalue weighted by Crippen LogP contribution is -2.27. The minimum absolute atomic E-state index is 0.0522. The highest BCUT2D eigenvalue weighted by Gasteiger charge is 2.04. The number of hydrogen-bond donors (Lipinski definition) is 2. The predicted molar refractivity (Wildman–Crippen MR) is 94.9 cm³/mol. The summed E-state index contributed by atoms with van der Waals surface area (Å²) in [5.74, 6) is 1.53. The van der Waals surface area contributed by atoms with Gasteiger partial charge in [-0.15, -0.1) is 0 Å². The van der Waals surface area contributed by atoms with Crippen molar-refractivity contribution >= 4 is 23.6 Å². The molecular weight excluding hydrogens is 308 g/mol. The second kappa shape index (κ2) is 9.69. The van der Waals surface area contributed by atoms with Crippen LogP contribution in [0.3, 0.4) is 0 Å². The van der Waals surface area contributed by atoms with Gasteiger partial charge in [0.1, 0.15) is 0 Å². The van der Waals surface area contributed by atoms with Crippen LogP contribution in [-0.2, 0) is 0 Å². The molecule has 2 amide bonds. The van der Waals surface area contributed by atoms with Crippen LogP contribution in [0.4, 0.5) is 0 Å². The molecule has 120 valence electrons. The number of hydrogen-bond acceptors (Lipinski definition) is 3. The first-order chi connectivity index (χ1) is 11.3. The molecule has 0 aliphatic carbocycles. The normalized spacial score (nSPS) is 10.1. The van der Waals surface area contributed by atoms with E-state index in [0.29, 0.717) is 24.2 Å². The summed E-state index contributed by atoms with van der Waals surface area (Å²) >= 11 is 1.70. The molecule has 2 rings (SSSR count). The third-order valence-electron chi connectivity index (χ3n) is 3.14. The number of thioether (sulfide) groups is 1. The van der Waals surface area contributed by atoms with Crippen molar-refractivity contribution in [2.75, 3.05) is 24.6 Å². The highest BCUT2D eigenvalue weighted by atomic mass is 32.2. The van der Waals surface area contributed by atoms with Crippen LogP contribution in [0.15, 0.2) is 60.7 Å². The van der Waals surface area contributed by atoms with E-state index in [9.17, 15) is 9.59 Å². The molecule has 0 fully saturated rings. The van der Waals surface area contributed by atoms with Crippen molar-refractivity contribution < 1.29 is 9.59 Å². The lowest BCUT2D eigenvalue weighted by molar-refractivity contribution is 0.0948. The maximum absolute atomic E-state index is 11.8. The number of carbonyl (C=O) groups is 2. The Morgan fingerprint density at radius 3 is 1.48 bits per heavy atom. The number of rotatable bonds is 8. The van der Waals surface area contributed by atoms with E-state index < -0.39 is 0 Å². The maximum atomic E-state index is 11.8. The molecule has 0 aromatic heterocycles. The minimum Gasteiger partial charge on any atom is -0.351 e. The number of carbonyl (C=O) groups excluding carboxylic acids is 2. The Labute approximate surface area is 140 Å². The van der Waals surface area contributed by atoms with Crippen LogP contribution >= 0.6 is 11.8 Å². The standard InChI is InChI=1S/C18H20N2O2S/c21-17(15-7-3-1-4-8-15)19-11-13-23-14-12-20-18(22)16-9-5-2-6-10-16/h1-10H,11-14H2,(H,19,21)(H,20,22). The quantitative estimate of drug-likeness (QED) is 0.732. The SMILES string of the molecule is O=C(NCCSCCNC(=O)c1ccccc1)c1ccccc1. The van der Waals surface area contributed by atoms with Crippen LogP contribution in [0.5, 0.6) is 0 Å². The highest BCUT2D eigenvalue weighted by Crippen LogP contribution is 2.01. The first-order valence-electron chi connectivity index (χ1n) is 7.51. The molecular formula is C18H20N2O2S. The molecule has 0 heterocycles. The van der Waals surface area contributed by atoms with Crippen LogP contribution < -0.4 is 10.6 Å². The van der Waals surface area contributed by atoms with Gasteiger partial charge < -0.3 is 10.6 Å². The van der Waals surface area contributed by atoms with Gasteiger partial charge in [-0.3, -0.25) is 9.59 Å². The van der Waals surface area contributed by atoms with Crippen LogP contribution in [0.25, 0.3) is 0 Å². The van der Waals surface area contributed by atoms with Gasteiger partial charge in [-0.05, 0) is 24.3 Å². The summed E-state index contributed by atoms with van der Waals surface area (Å²) in [5.41, 5.74) is 1.35. The Hall–Kier alpha value is -2.27. The van der Waals surface area contributed by atoms with E-state index in [4.69, 9.17) is 0 Å². The largest absolute Gasteiger partial charge is 0.351 e. The van der Waals surface area contributed by atoms with E-state index in [2.05, 4.69) is 10.6 Å². The van der Waals surface area contributed by atoms with Crippen LogP contribution in [0, 0.1) is 0 Å². The third-order valence-corrected chi connectivity index (χ3v) is 4.12. The van der Waals surface area contributed by atoms with Crippen LogP contribution in [-0.4, -0.2) is 36.4 Å². The summed E-state index contributed by atoms with van der Waals surface area (Å²) < 4.78 is 0. The fourth-order valence-corrected chi connectivity index (χ4v) is 2.66. The molecule has 0 saturated heterocycles. The molecule has 0 unspecified atom stereocenters. The van der Waals surface area contributed by atoms with Crippen molar-refractivity contribution in [2.24, 2.45) is 0 Å². The molecule has 2 aromatic carbocycles. The van der Waals surface area contributed by atoms with Gasteiger partial charge in [-0.2, -0.15) is 11.8 Å². The van der Waals surface area contributed by atoms with Crippen LogP contribution in [0.1, 0.15) is 20.7 Å². The Morgan fingerprint density at radius 1 is 0.696 bits per heavy atom. The van der Waals surface area contributed by atoms with Gasteiger partial charge in [-0.1, -0.05) is 36.4 Å². The average Bonchev–Trinajstić information content (AvgIpc) is 2.62. The number of amides is 2. The van der Waals surface area contributed by atoms with Gasteiger partial charge in [0.2, 0.25) is 0 Å². The molecule has 0 spiro atoms. The lowest BCUT2D eigenvalue weighted by Gasteiger charge is -2.06. The van der Waals surface area contributed by atoms with E-state index in [1.165, 1.54) is 0 Å². The van der Waals surface area contributed by atoms with Crippen molar-refractivity contribution in [3.05, 3.63) is 71.8 Å². The van der Waals surface area contributed by atoms with Gasteiger partial charge in [0, 0.05) is 35.7 Å². The molecule has 23 heavy (non-hydrogen) atoms. The van der Waals surface area contributed by atoms with Gasteiger partial charge in [0.15, 0.2) is 0 Å². The molecule has 0 atom stereocenters. The smallest absolute Gasteiger partial charge is 0.251 e. The monoisotopic (exact) mass is 328 g/mol. The zero-order valence-electron chi connectivity index (χ0n) is 12.8. The van der Waals surface area contributed by atoms with Crippen LogP contribution in [0.2, 0.25) is 0 Å². The molecule has 5 heteroatoms. The molecule has 0 radical (unpaired) electrons. The van der Waals surface area contributed by atoms with Gasteiger partial charge in [-0.25, -0.2) is 0 Å². The van der Waals surface area contributed by atoms with E-state index in [1.54, 1.807) is 36.0 Å². The second-order valence-corrected chi connectivity index (χ2v) is 6.08. The fourth-order valence-electron chi connectivity index (χ4n) is 1.96. The zero-order valence-corrected chi connectivity index (χ0v) is 13.6. The number of nitrogens with one attached hydrogen (secondary N) is 2. The predicted octanol–water partition coefficient (Wildman–Crippen LogP) is 2.58. The van der Waals surface area contributed by atoms with Crippen molar-refractivity contribution in [1.82, 2.24) is 10.6 Å². The van der Waals surface area contributed by atoms with Gasteiger partial charge >= 0.3 is 0 Å². The van der Waals surface area contributed by atoms with Crippen molar-refractivity contribution in [1.29, 1.82) is 0 Å². The first-order valence-corrected chi connectivity index (χ1v) is 8.67. The maximum Gasteiger partial charge on any atom is 0.251 e. The summed E-state index contributed by atoms with van der Waals surface area (Å²) in [5, 5.41) is 5.75. The molecule has 0 aliphatic rings. The Kier molecular flexibility index (Phi) is 7.20. The first kappa shape index (κ1) is 17.1. The molecule has 0 aliphatic heterocycles. The van der Waals surface area contributed by atoms with Crippen molar-refractivity contribution in [2.45, 2.75) is 0 Å². The van der Waals surface area contributed by atoms with Crippen molar-refractivity contribution in [3.8, 4) is 0 Å². The zero-order chi connectivity index (χ0) is 16.3. The summed E-state index contributed by atoms with van der Waals surface area (Å²) in [7, 11) is 0. The molecule has 0 saturated carbocycles. The second-order valence-electron chi connectivity index (χ2n) is 4.86. The van der Waals surface area contributed by atoms with Gasteiger partial charge in [0.05, 0.1) is 0 Å². The Morgan fingerprint density at radius 2 is 1.09 bits per heavy atom. The summed E-state index contributed by atoms with van der Waals surface area (Å²) in [6, 6.07) is 18.3. The van der Waals surface area contributed by atoms with E-state index >= 15 is 0 Å². The van der Waals surface area contributed by atoms with E-state index in [-0.39, 0.29) is 11.8 Å². The van der Waals surface area contributed by atoms with Gasteiger partial charge in [0.25, 0.3) is 11.8 Å². The fraction of sp³-hybridized carbons (Fsp3) is 0.222. The third kappa shape index (κ3) is 6.16. The number of benzene rings is 2. The Balaban J connectivity index is 1.53. The van der Waals surface area contributed by atoms with Crippen molar-refractivity contribution in [3.63, 3.8) is 0 Å². The topological polar surface area (TPSA) is 58.2 Å². The molecule has 2 aromatic rings. The average molecular weight is 328 g/mol. The molecule has 4 nitrogen and oxygen atoms in total. The highest BCUT2D eigenvalue weighted by molar-refractivity contribution is 7.99. The summed E-state index contributed by atoms with van der Waals surface area (Å²) in [4.78, 5) is 23.6. The lowest BCUT2D eigenvalue weighted by atomic mass is 10.2. The summed E-state index contributed by atoms with van der Waals surface area (Å²) in [6.45, 7) is 1.23. The molecule has 2 N–H and O–H groups in total. The molecule has 0 bridgehead atoms. The van der Waals surface area contributed by atoms with E-state index in [0.717, 1.165) is 11.5 Å². The summed E-state index contributed by atoms with van der Waals surface area (Å²) in [6.07, 6.45) is 0. The minimum atomic E-state index is -0.0522. The van der Waals surface area contributed by atoms with E-state index in [1.807, 2.05) is 36.4 Å².